The van der Waals surface area contributed by atoms with Crippen molar-refractivity contribution < 1.29 is 22.7 Å². The smallest absolute Gasteiger partial charge is 0.249 e. The summed E-state index contributed by atoms with van der Waals surface area (Å²) in [5, 5.41) is 12.4. The van der Waals surface area contributed by atoms with E-state index in [-0.39, 0.29) is 28.7 Å². The number of nitrogens with one attached hydrogen (secondary N) is 1. The molecule has 3 aromatic carbocycles. The van der Waals surface area contributed by atoms with E-state index in [9.17, 15) is 13.2 Å². The van der Waals surface area contributed by atoms with Gasteiger partial charge in [-0.3, -0.25) is 4.79 Å². The van der Waals surface area contributed by atoms with Crippen LogP contribution in [0.3, 0.4) is 0 Å². The summed E-state index contributed by atoms with van der Waals surface area (Å²) in [6.07, 6.45) is 3.80. The molecule has 1 saturated carbocycles. The second-order valence-electron chi connectivity index (χ2n) is 11.3. The number of benzene rings is 3. The second kappa shape index (κ2) is 13.1. The van der Waals surface area contributed by atoms with Gasteiger partial charge in [-0.25, -0.2) is 8.42 Å². The van der Waals surface area contributed by atoms with Gasteiger partial charge in [-0.1, -0.05) is 30.7 Å². The SMILES string of the molecule is CCOc1cc(C(Nc2ccc3c(N)nncc3c2)C(=O)N(C)Cc2ccccc2S(=O)(=O)C2CCC2)ccc1OC(C)C. The largest absolute Gasteiger partial charge is 0.490 e. The number of carbonyl (C=O) groups excluding carboxylic acids is 1. The Kier molecular flexibility index (Phi) is 9.24. The first-order chi connectivity index (χ1) is 21.1. The molecule has 0 radical (unpaired) electrons. The van der Waals surface area contributed by atoms with Gasteiger partial charge in [0.1, 0.15) is 6.04 Å². The molecule has 11 heteroatoms. The highest BCUT2D eigenvalue weighted by molar-refractivity contribution is 7.92. The lowest BCUT2D eigenvalue weighted by molar-refractivity contribution is -0.131. The van der Waals surface area contributed by atoms with Crippen LogP contribution in [0.25, 0.3) is 10.8 Å². The maximum Gasteiger partial charge on any atom is 0.249 e. The van der Waals surface area contributed by atoms with Gasteiger partial charge in [-0.15, -0.1) is 5.10 Å². The van der Waals surface area contributed by atoms with Crippen molar-refractivity contribution in [2.24, 2.45) is 0 Å². The van der Waals surface area contributed by atoms with Gasteiger partial charge in [0.05, 0.1) is 29.1 Å². The molecule has 0 bridgehead atoms. The quantitative estimate of drug-likeness (QED) is 0.210. The third-order valence-corrected chi connectivity index (χ3v) is 10.1. The van der Waals surface area contributed by atoms with Crippen molar-refractivity contribution in [2.45, 2.75) is 68.9 Å². The van der Waals surface area contributed by atoms with E-state index in [0.29, 0.717) is 53.6 Å². The number of nitrogens with zero attached hydrogens (tertiary/aromatic N) is 3. The molecule has 1 heterocycles. The zero-order valence-corrected chi connectivity index (χ0v) is 26.3. The number of likely N-dealkylation sites (N-methyl/N-ethyl adjacent to an activating group) is 1. The summed E-state index contributed by atoms with van der Waals surface area (Å²) in [7, 11) is -1.80. The molecule has 10 nitrogen and oxygen atoms in total. The number of carbonyl (C=O) groups is 1. The van der Waals surface area contributed by atoms with Gasteiger partial charge in [-0.2, -0.15) is 5.10 Å². The number of anilines is 2. The van der Waals surface area contributed by atoms with Gasteiger partial charge in [0.25, 0.3) is 0 Å². The highest BCUT2D eigenvalue weighted by atomic mass is 32.2. The molecule has 1 aliphatic rings. The number of rotatable bonds is 12. The summed E-state index contributed by atoms with van der Waals surface area (Å²) >= 11 is 0. The lowest BCUT2D eigenvalue weighted by atomic mass is 10.00. The summed E-state index contributed by atoms with van der Waals surface area (Å²) in [6.45, 7) is 6.30. The lowest BCUT2D eigenvalue weighted by Gasteiger charge is -2.29. The molecular formula is C33H39N5O5S. The number of hydrogen-bond acceptors (Lipinski definition) is 9. The number of nitrogen functional groups attached to an aromatic ring is 1. The fraction of sp³-hybridized carbons (Fsp3) is 0.364. The van der Waals surface area contributed by atoms with Gasteiger partial charge in [0.15, 0.2) is 27.2 Å². The summed E-state index contributed by atoms with van der Waals surface area (Å²) < 4.78 is 38.6. The van der Waals surface area contributed by atoms with Gasteiger partial charge in [0, 0.05) is 30.1 Å². The Balaban J connectivity index is 1.50. The van der Waals surface area contributed by atoms with Crippen molar-refractivity contribution in [1.29, 1.82) is 0 Å². The van der Waals surface area contributed by atoms with Crippen molar-refractivity contribution >= 4 is 38.0 Å². The summed E-state index contributed by atoms with van der Waals surface area (Å²) in [5.74, 6) is 1.17. The average Bonchev–Trinajstić information content (AvgIpc) is 2.95. The van der Waals surface area contributed by atoms with E-state index in [1.165, 1.54) is 0 Å². The van der Waals surface area contributed by atoms with Crippen molar-refractivity contribution in [3.8, 4) is 11.5 Å². The summed E-state index contributed by atoms with van der Waals surface area (Å²) in [5.41, 5.74) is 7.92. The van der Waals surface area contributed by atoms with Gasteiger partial charge < -0.3 is 25.4 Å². The molecule has 1 aromatic heterocycles. The third-order valence-electron chi connectivity index (χ3n) is 7.77. The number of fused-ring (bicyclic) bond motifs is 1. The fourth-order valence-corrected chi connectivity index (χ4v) is 7.38. The van der Waals surface area contributed by atoms with Gasteiger partial charge in [-0.05, 0) is 81.1 Å². The zero-order valence-electron chi connectivity index (χ0n) is 25.5. The van der Waals surface area contributed by atoms with Crippen molar-refractivity contribution in [3.63, 3.8) is 0 Å². The van der Waals surface area contributed by atoms with Crippen LogP contribution in [0.2, 0.25) is 0 Å². The molecule has 1 fully saturated rings. The van der Waals surface area contributed by atoms with Crippen LogP contribution < -0.4 is 20.5 Å². The molecular weight excluding hydrogens is 578 g/mol. The van der Waals surface area contributed by atoms with Gasteiger partial charge in [0.2, 0.25) is 5.91 Å². The molecule has 1 aliphatic carbocycles. The molecule has 1 amide bonds. The molecule has 44 heavy (non-hydrogen) atoms. The molecule has 232 valence electrons. The minimum atomic E-state index is -3.48. The minimum absolute atomic E-state index is 0.0637. The van der Waals surface area contributed by atoms with Crippen LogP contribution in [0.15, 0.2) is 71.8 Å². The maximum absolute atomic E-state index is 14.3. The number of amides is 1. The zero-order chi connectivity index (χ0) is 31.4. The van der Waals surface area contributed by atoms with Crippen molar-refractivity contribution in [2.75, 3.05) is 24.7 Å². The number of aromatic nitrogens is 2. The lowest BCUT2D eigenvalue weighted by Crippen LogP contribution is -2.36. The Morgan fingerprint density at radius 2 is 1.86 bits per heavy atom. The van der Waals surface area contributed by atoms with E-state index in [1.54, 1.807) is 48.5 Å². The van der Waals surface area contributed by atoms with E-state index in [1.807, 2.05) is 51.1 Å². The average molecular weight is 618 g/mol. The Morgan fingerprint density at radius 1 is 1.09 bits per heavy atom. The number of hydrogen-bond donors (Lipinski definition) is 2. The molecule has 4 aromatic rings. The molecule has 1 atom stereocenters. The number of nitrogens with two attached hydrogens (primary N) is 1. The van der Waals surface area contributed by atoms with Crippen molar-refractivity contribution in [3.05, 3.63) is 78.0 Å². The highest BCUT2D eigenvalue weighted by Crippen LogP contribution is 2.35. The standard InChI is InChI=1S/C33H39N5O5S/c1-5-42-29-18-22(13-16-28(29)43-21(2)3)31(36-25-14-15-27-24(17-25)19-35-37-32(27)34)33(39)38(4)20-23-9-6-7-12-30(23)44(40,41)26-10-8-11-26/h6-7,9,12-19,21,26,31,36H,5,8,10-11,20H2,1-4H3,(H2,34,37). The van der Waals surface area contributed by atoms with Crippen LogP contribution in [0.1, 0.15) is 57.2 Å². The number of sulfone groups is 1. The van der Waals surface area contributed by atoms with Crippen LogP contribution in [0.5, 0.6) is 11.5 Å². The molecule has 0 saturated heterocycles. The Hall–Kier alpha value is -4.38. The first-order valence-electron chi connectivity index (χ1n) is 14.9. The summed E-state index contributed by atoms with van der Waals surface area (Å²) in [4.78, 5) is 16.1. The molecule has 3 N–H and O–H groups in total. The fourth-order valence-electron chi connectivity index (χ4n) is 5.30. The number of ether oxygens (including phenoxy) is 2. The third kappa shape index (κ3) is 6.57. The van der Waals surface area contributed by atoms with Crippen LogP contribution in [0.4, 0.5) is 11.5 Å². The monoisotopic (exact) mass is 617 g/mol. The van der Waals surface area contributed by atoms with E-state index in [2.05, 4.69) is 15.5 Å². The minimum Gasteiger partial charge on any atom is -0.490 e. The summed E-state index contributed by atoms with van der Waals surface area (Å²) in [6, 6.07) is 17.1. The van der Waals surface area contributed by atoms with Crippen molar-refractivity contribution in [1.82, 2.24) is 15.1 Å². The van der Waals surface area contributed by atoms with E-state index >= 15 is 0 Å². The van der Waals surface area contributed by atoms with Gasteiger partial charge >= 0.3 is 0 Å². The first-order valence-corrected chi connectivity index (χ1v) is 16.4. The highest BCUT2D eigenvalue weighted by Gasteiger charge is 2.34. The predicted octanol–water partition coefficient (Wildman–Crippen LogP) is 5.54. The second-order valence-corrected chi connectivity index (χ2v) is 13.5. The van der Waals surface area contributed by atoms with Crippen LogP contribution in [-0.4, -0.2) is 54.4 Å². The van der Waals surface area contributed by atoms with E-state index in [0.717, 1.165) is 17.2 Å². The molecule has 0 aliphatic heterocycles. The Morgan fingerprint density at radius 3 is 2.57 bits per heavy atom. The van der Waals surface area contributed by atoms with Crippen LogP contribution in [-0.2, 0) is 21.2 Å². The van der Waals surface area contributed by atoms with Crippen LogP contribution in [0, 0.1) is 0 Å². The Labute approximate surface area is 258 Å². The Bertz CT molecular complexity index is 1760. The molecule has 0 spiro atoms. The van der Waals surface area contributed by atoms with E-state index < -0.39 is 15.9 Å². The predicted molar refractivity (Wildman–Crippen MR) is 171 cm³/mol. The first kappa shape index (κ1) is 31.1. The molecule has 5 rings (SSSR count). The normalized spacial score (nSPS) is 14.2. The topological polar surface area (TPSA) is 137 Å². The van der Waals surface area contributed by atoms with E-state index in [4.69, 9.17) is 15.2 Å². The maximum atomic E-state index is 14.3. The molecule has 1 unspecified atom stereocenters. The van der Waals surface area contributed by atoms with Crippen LogP contribution >= 0.6 is 0 Å².